The lowest BCUT2D eigenvalue weighted by molar-refractivity contribution is -0.143. The van der Waals surface area contributed by atoms with Crippen molar-refractivity contribution in [2.75, 3.05) is 11.1 Å². The highest BCUT2D eigenvalue weighted by atomic mass is 32.1. The van der Waals surface area contributed by atoms with Crippen LogP contribution in [-0.2, 0) is 14.3 Å². The first-order chi connectivity index (χ1) is 18.6. The fourth-order valence-corrected chi connectivity index (χ4v) is 4.90. The van der Waals surface area contributed by atoms with Gasteiger partial charge in [0.2, 0.25) is 5.91 Å². The Kier molecular flexibility index (Phi) is 12.1. The predicted molar refractivity (Wildman–Crippen MR) is 166 cm³/mol. The molecular weight excluding hydrogens is 522 g/mol. The van der Waals surface area contributed by atoms with Gasteiger partial charge in [-0.2, -0.15) is 12.6 Å². The van der Waals surface area contributed by atoms with Gasteiger partial charge in [0, 0.05) is 17.5 Å². The highest BCUT2D eigenvalue weighted by molar-refractivity contribution is 7.80. The molecule has 3 amide bonds. The van der Waals surface area contributed by atoms with Crippen LogP contribution in [0.4, 0.5) is 10.5 Å². The molecule has 0 saturated heterocycles. The molecule has 40 heavy (non-hydrogen) atoms. The Morgan fingerprint density at radius 3 is 2.08 bits per heavy atom. The lowest BCUT2D eigenvalue weighted by Gasteiger charge is -2.39. The second kappa shape index (κ2) is 14.6. The minimum Gasteiger partial charge on any atom is -0.444 e. The zero-order valence-corrected chi connectivity index (χ0v) is 26.4. The fraction of sp³-hybridized carbons (Fsp3) is 0.531. The number of amides is 3. The van der Waals surface area contributed by atoms with E-state index in [1.54, 1.807) is 25.7 Å². The van der Waals surface area contributed by atoms with Crippen molar-refractivity contribution in [2.24, 2.45) is 5.92 Å². The molecule has 8 heteroatoms. The van der Waals surface area contributed by atoms with E-state index in [0.717, 1.165) is 23.1 Å². The number of alkyl carbamates (subject to hydrolysis) is 1. The van der Waals surface area contributed by atoms with Crippen molar-refractivity contribution >= 4 is 36.2 Å². The van der Waals surface area contributed by atoms with Crippen molar-refractivity contribution in [3.8, 4) is 0 Å². The third-order valence-corrected chi connectivity index (χ3v) is 6.92. The standard InChI is InChI=1S/C32H47N3O4S/c1-20(2)14-15-24(6)35(30(37)27(19-40)34-31(38)39-32(7,8)9)28(25-17-21(3)16-22(4)18-25)29(36)33-26-13-11-10-12-23(26)5/h10-13,16-18,20,24,27-28,40H,14-15,19H2,1-9H3,(H,33,36)(H,34,38). The van der Waals surface area contributed by atoms with Crippen LogP contribution >= 0.6 is 12.6 Å². The maximum Gasteiger partial charge on any atom is 0.408 e. The molecular formula is C32H47N3O4S. The van der Waals surface area contributed by atoms with Gasteiger partial charge in [-0.3, -0.25) is 9.59 Å². The van der Waals surface area contributed by atoms with Crippen molar-refractivity contribution < 1.29 is 19.1 Å². The van der Waals surface area contributed by atoms with E-state index in [9.17, 15) is 14.4 Å². The Balaban J connectivity index is 2.62. The van der Waals surface area contributed by atoms with Crippen LogP contribution in [0.3, 0.4) is 0 Å². The number of para-hydroxylation sites is 1. The molecule has 2 rings (SSSR count). The summed E-state index contributed by atoms with van der Waals surface area (Å²) < 4.78 is 5.42. The molecule has 7 nitrogen and oxygen atoms in total. The number of benzene rings is 2. The maximum absolute atomic E-state index is 14.3. The summed E-state index contributed by atoms with van der Waals surface area (Å²) in [5, 5.41) is 5.76. The Labute approximate surface area is 245 Å². The van der Waals surface area contributed by atoms with E-state index in [1.807, 2.05) is 70.2 Å². The summed E-state index contributed by atoms with van der Waals surface area (Å²) in [6.45, 7) is 17.4. The number of ether oxygens (including phenoxy) is 1. The second-order valence-corrected chi connectivity index (χ2v) is 12.4. The van der Waals surface area contributed by atoms with Gasteiger partial charge in [0.15, 0.2) is 0 Å². The van der Waals surface area contributed by atoms with E-state index in [1.165, 1.54) is 0 Å². The van der Waals surface area contributed by atoms with Gasteiger partial charge in [-0.25, -0.2) is 4.79 Å². The number of thiol groups is 1. The number of carbonyl (C=O) groups is 3. The number of hydrogen-bond acceptors (Lipinski definition) is 5. The van der Waals surface area contributed by atoms with E-state index >= 15 is 0 Å². The lowest BCUT2D eigenvalue weighted by Crippen LogP contribution is -2.55. The SMILES string of the molecule is Cc1cc(C)cc(C(C(=O)Nc2ccccc2C)N(C(=O)C(CS)NC(=O)OC(C)(C)C)C(C)CCC(C)C)c1. The fourth-order valence-electron chi connectivity index (χ4n) is 4.65. The van der Waals surface area contributed by atoms with E-state index in [0.29, 0.717) is 23.6 Å². The summed E-state index contributed by atoms with van der Waals surface area (Å²) in [7, 11) is 0. The first-order valence-corrected chi connectivity index (χ1v) is 14.6. The van der Waals surface area contributed by atoms with Gasteiger partial charge in [-0.05, 0) is 84.4 Å². The van der Waals surface area contributed by atoms with Crippen LogP contribution in [0.1, 0.15) is 82.7 Å². The second-order valence-electron chi connectivity index (χ2n) is 12.1. The quantitative estimate of drug-likeness (QED) is 0.261. The molecule has 0 fully saturated rings. The number of hydrogen-bond donors (Lipinski definition) is 3. The van der Waals surface area contributed by atoms with Gasteiger partial charge >= 0.3 is 6.09 Å². The van der Waals surface area contributed by atoms with E-state index in [2.05, 4.69) is 37.1 Å². The molecule has 0 saturated carbocycles. The first kappa shape index (κ1) is 33.2. The third kappa shape index (κ3) is 9.88. The molecule has 220 valence electrons. The number of rotatable bonds is 11. The van der Waals surface area contributed by atoms with Crippen molar-refractivity contribution in [2.45, 2.75) is 98.9 Å². The molecule has 0 aliphatic rings. The number of aryl methyl sites for hydroxylation is 3. The molecule has 0 aliphatic carbocycles. The molecule has 2 N–H and O–H groups in total. The summed E-state index contributed by atoms with van der Waals surface area (Å²) in [5.74, 6) is -0.245. The van der Waals surface area contributed by atoms with Gasteiger partial charge in [-0.1, -0.05) is 61.4 Å². The van der Waals surface area contributed by atoms with Gasteiger partial charge in [0.05, 0.1) is 0 Å². The minimum absolute atomic E-state index is 0.0461. The van der Waals surface area contributed by atoms with Crippen LogP contribution in [0.15, 0.2) is 42.5 Å². The van der Waals surface area contributed by atoms with E-state index in [-0.39, 0.29) is 23.6 Å². The summed E-state index contributed by atoms with van der Waals surface area (Å²) in [6, 6.07) is 11.3. The molecule has 0 aliphatic heterocycles. The Morgan fingerprint density at radius 2 is 1.55 bits per heavy atom. The number of anilines is 1. The molecule has 3 atom stereocenters. The third-order valence-electron chi connectivity index (χ3n) is 6.55. The smallest absolute Gasteiger partial charge is 0.408 e. The van der Waals surface area contributed by atoms with Crippen LogP contribution in [0.5, 0.6) is 0 Å². The highest BCUT2D eigenvalue weighted by Gasteiger charge is 2.39. The minimum atomic E-state index is -0.987. The Bertz CT molecular complexity index is 1150. The molecule has 0 bridgehead atoms. The number of nitrogens with one attached hydrogen (secondary N) is 2. The van der Waals surface area contributed by atoms with Crippen LogP contribution in [0.25, 0.3) is 0 Å². The summed E-state index contributed by atoms with van der Waals surface area (Å²) >= 11 is 4.40. The summed E-state index contributed by atoms with van der Waals surface area (Å²) in [5.41, 5.74) is 3.56. The summed E-state index contributed by atoms with van der Waals surface area (Å²) in [6.07, 6.45) is 0.852. The Hall–Kier alpha value is -3.00. The maximum atomic E-state index is 14.3. The molecule has 2 aromatic rings. The topological polar surface area (TPSA) is 87.7 Å². The van der Waals surface area contributed by atoms with Gasteiger partial charge < -0.3 is 20.3 Å². The lowest BCUT2D eigenvalue weighted by atomic mass is 9.95. The molecule has 3 unspecified atom stereocenters. The average Bonchev–Trinajstić information content (AvgIpc) is 2.83. The van der Waals surface area contributed by atoms with Crippen molar-refractivity contribution in [3.05, 3.63) is 64.7 Å². The van der Waals surface area contributed by atoms with E-state index in [4.69, 9.17) is 4.74 Å². The van der Waals surface area contributed by atoms with Gasteiger partial charge in [-0.15, -0.1) is 0 Å². The molecule has 2 aromatic carbocycles. The van der Waals surface area contributed by atoms with Crippen LogP contribution < -0.4 is 10.6 Å². The van der Waals surface area contributed by atoms with Crippen molar-refractivity contribution in [1.82, 2.24) is 10.2 Å². The number of nitrogens with zero attached hydrogens (tertiary/aromatic N) is 1. The van der Waals surface area contributed by atoms with Gasteiger partial charge in [0.25, 0.3) is 5.91 Å². The van der Waals surface area contributed by atoms with Crippen molar-refractivity contribution in [3.63, 3.8) is 0 Å². The zero-order chi connectivity index (χ0) is 30.2. The Morgan fingerprint density at radius 1 is 0.950 bits per heavy atom. The van der Waals surface area contributed by atoms with Crippen LogP contribution in [-0.4, -0.2) is 46.2 Å². The summed E-state index contributed by atoms with van der Waals surface area (Å²) in [4.78, 5) is 42.7. The van der Waals surface area contributed by atoms with Crippen LogP contribution in [0, 0.1) is 26.7 Å². The van der Waals surface area contributed by atoms with Crippen molar-refractivity contribution in [1.29, 1.82) is 0 Å². The van der Waals surface area contributed by atoms with Gasteiger partial charge in [0.1, 0.15) is 17.7 Å². The first-order valence-electron chi connectivity index (χ1n) is 14.0. The average molecular weight is 570 g/mol. The molecule has 0 spiro atoms. The zero-order valence-electron chi connectivity index (χ0n) is 25.5. The molecule has 0 heterocycles. The monoisotopic (exact) mass is 569 g/mol. The number of carbonyl (C=O) groups excluding carboxylic acids is 3. The highest BCUT2D eigenvalue weighted by Crippen LogP contribution is 2.30. The van der Waals surface area contributed by atoms with E-state index < -0.39 is 23.8 Å². The molecule has 0 radical (unpaired) electrons. The largest absolute Gasteiger partial charge is 0.444 e. The predicted octanol–water partition coefficient (Wildman–Crippen LogP) is 6.77. The van der Waals surface area contributed by atoms with Crippen LogP contribution in [0.2, 0.25) is 0 Å². The molecule has 0 aromatic heterocycles. The normalized spacial score (nSPS) is 13.8.